The lowest BCUT2D eigenvalue weighted by Gasteiger charge is -2.17. The van der Waals surface area contributed by atoms with Crippen molar-refractivity contribution in [2.24, 2.45) is 0 Å². The van der Waals surface area contributed by atoms with E-state index < -0.39 is 17.2 Å². The first kappa shape index (κ1) is 21.4. The van der Waals surface area contributed by atoms with Crippen molar-refractivity contribution in [3.8, 4) is 11.4 Å². The maximum Gasteiger partial charge on any atom is 0.277 e. The lowest BCUT2D eigenvalue weighted by atomic mass is 10.2. The van der Waals surface area contributed by atoms with Crippen LogP contribution in [-0.2, 0) is 6.61 Å². The summed E-state index contributed by atoms with van der Waals surface area (Å²) in [4.78, 5) is 21.0. The fourth-order valence-electron chi connectivity index (χ4n) is 2.83. The highest BCUT2D eigenvalue weighted by Gasteiger charge is 2.17. The van der Waals surface area contributed by atoms with Crippen LogP contribution in [0.2, 0.25) is 5.02 Å². The molecule has 0 amide bonds. The van der Waals surface area contributed by atoms with E-state index in [1.807, 2.05) is 6.92 Å². The van der Waals surface area contributed by atoms with Gasteiger partial charge in [-0.25, -0.2) is 8.78 Å². The lowest BCUT2D eigenvalue weighted by molar-refractivity contribution is 0.292. The van der Waals surface area contributed by atoms with Gasteiger partial charge in [-0.2, -0.15) is 0 Å². The molecule has 6 nitrogen and oxygen atoms in total. The Morgan fingerprint density at radius 1 is 1.23 bits per heavy atom. The molecule has 156 valence electrons. The summed E-state index contributed by atoms with van der Waals surface area (Å²) >= 11 is 6.26. The summed E-state index contributed by atoms with van der Waals surface area (Å²) in [5.41, 5.74) is 2.47. The van der Waals surface area contributed by atoms with Gasteiger partial charge in [0.25, 0.3) is 5.56 Å². The summed E-state index contributed by atoms with van der Waals surface area (Å²) in [7, 11) is 1.72. The van der Waals surface area contributed by atoms with Crippen molar-refractivity contribution in [1.29, 1.82) is 0 Å². The van der Waals surface area contributed by atoms with Gasteiger partial charge < -0.3 is 10.1 Å². The van der Waals surface area contributed by atoms with Crippen molar-refractivity contribution in [2.45, 2.75) is 20.5 Å². The third kappa shape index (κ3) is 4.18. The number of hydrogen-bond acceptors (Lipinski definition) is 5. The average Bonchev–Trinajstić information content (AvgIpc) is 2.71. The summed E-state index contributed by atoms with van der Waals surface area (Å²) in [5, 5.41) is 2.75. The van der Waals surface area contributed by atoms with E-state index in [1.54, 1.807) is 32.3 Å². The van der Waals surface area contributed by atoms with Crippen LogP contribution in [0, 0.1) is 25.5 Å². The predicted molar refractivity (Wildman–Crippen MR) is 111 cm³/mol. The number of nitrogens with one attached hydrogen (secondary N) is 1. The fraction of sp³-hybridized carbons (Fsp3) is 0.190. The van der Waals surface area contributed by atoms with Crippen molar-refractivity contribution < 1.29 is 13.5 Å². The molecular formula is C21H19ClF2N4O2. The molecule has 0 aliphatic rings. The van der Waals surface area contributed by atoms with E-state index in [9.17, 15) is 13.6 Å². The molecule has 0 aliphatic carbocycles. The number of aromatic nitrogens is 3. The molecule has 0 atom stereocenters. The SMILES string of the molecule is C=C(NC)c1cc(-n2c(C)cc(OCc3ncc(F)cc3F)c(Cl)c2=O)c(C)cn1. The van der Waals surface area contributed by atoms with Gasteiger partial charge in [0.15, 0.2) is 5.82 Å². The highest BCUT2D eigenvalue weighted by atomic mass is 35.5. The number of aryl methyl sites for hydroxylation is 2. The maximum absolute atomic E-state index is 13.8. The van der Waals surface area contributed by atoms with Crippen LogP contribution < -0.4 is 15.6 Å². The first-order valence-electron chi connectivity index (χ1n) is 8.91. The number of halogens is 3. The summed E-state index contributed by atoms with van der Waals surface area (Å²) < 4.78 is 33.7. The molecule has 1 N–H and O–H groups in total. The van der Waals surface area contributed by atoms with Crippen LogP contribution >= 0.6 is 11.6 Å². The minimum Gasteiger partial charge on any atom is -0.485 e. The molecule has 30 heavy (non-hydrogen) atoms. The monoisotopic (exact) mass is 432 g/mol. The third-order valence-electron chi connectivity index (χ3n) is 4.47. The van der Waals surface area contributed by atoms with Crippen LogP contribution in [0.15, 0.2) is 42.0 Å². The van der Waals surface area contributed by atoms with Crippen LogP contribution in [0.1, 0.15) is 22.6 Å². The molecule has 0 bridgehead atoms. The Kier molecular flexibility index (Phi) is 6.17. The van der Waals surface area contributed by atoms with Gasteiger partial charge in [0.1, 0.15) is 28.9 Å². The Bertz CT molecular complexity index is 1190. The van der Waals surface area contributed by atoms with Gasteiger partial charge in [0, 0.05) is 31.1 Å². The highest BCUT2D eigenvalue weighted by Crippen LogP contribution is 2.26. The predicted octanol–water partition coefficient (Wildman–Crippen LogP) is 3.95. The first-order chi connectivity index (χ1) is 14.2. The average molecular weight is 433 g/mol. The second-order valence-electron chi connectivity index (χ2n) is 6.56. The minimum absolute atomic E-state index is 0.0764. The summed E-state index contributed by atoms with van der Waals surface area (Å²) in [6.45, 7) is 7.11. The summed E-state index contributed by atoms with van der Waals surface area (Å²) in [5.74, 6) is -1.56. The number of pyridine rings is 3. The van der Waals surface area contributed by atoms with Crippen molar-refractivity contribution in [3.63, 3.8) is 0 Å². The van der Waals surface area contributed by atoms with Gasteiger partial charge in [0.05, 0.1) is 23.3 Å². The van der Waals surface area contributed by atoms with Crippen LogP contribution in [0.5, 0.6) is 5.75 Å². The topological polar surface area (TPSA) is 69.0 Å². The van der Waals surface area contributed by atoms with E-state index in [0.29, 0.717) is 28.8 Å². The van der Waals surface area contributed by atoms with E-state index in [0.717, 1.165) is 11.8 Å². The van der Waals surface area contributed by atoms with Gasteiger partial charge in [0.2, 0.25) is 0 Å². The molecule has 0 unspecified atom stereocenters. The lowest BCUT2D eigenvalue weighted by Crippen LogP contribution is -2.23. The Balaban J connectivity index is 2.00. The fourth-order valence-corrected chi connectivity index (χ4v) is 3.02. The first-order valence-corrected chi connectivity index (χ1v) is 9.29. The molecule has 0 saturated heterocycles. The molecule has 0 aromatic carbocycles. The summed E-state index contributed by atoms with van der Waals surface area (Å²) in [6, 6.07) is 4.01. The molecule has 3 heterocycles. The van der Waals surface area contributed by atoms with Crippen LogP contribution in [-0.4, -0.2) is 21.6 Å². The highest BCUT2D eigenvalue weighted by molar-refractivity contribution is 6.31. The molecule has 3 rings (SSSR count). The largest absolute Gasteiger partial charge is 0.485 e. The molecule has 3 aromatic rings. The van der Waals surface area contributed by atoms with Gasteiger partial charge in [-0.3, -0.25) is 19.3 Å². The second-order valence-corrected chi connectivity index (χ2v) is 6.94. The molecule has 0 fully saturated rings. The smallest absolute Gasteiger partial charge is 0.277 e. The Morgan fingerprint density at radius 2 is 1.97 bits per heavy atom. The van der Waals surface area contributed by atoms with Gasteiger partial charge >= 0.3 is 0 Å². The number of nitrogens with zero attached hydrogens (tertiary/aromatic N) is 3. The maximum atomic E-state index is 13.8. The van der Waals surface area contributed by atoms with Crippen LogP contribution in [0.25, 0.3) is 11.4 Å². The Labute approximate surface area is 176 Å². The molecule has 0 radical (unpaired) electrons. The molecule has 3 aromatic heterocycles. The number of ether oxygens (including phenoxy) is 1. The van der Waals surface area contributed by atoms with Gasteiger partial charge in [-0.05, 0) is 25.5 Å². The van der Waals surface area contributed by atoms with E-state index in [1.165, 1.54) is 4.57 Å². The molecule has 0 saturated carbocycles. The van der Waals surface area contributed by atoms with Gasteiger partial charge in [-0.1, -0.05) is 18.2 Å². The molecule has 0 aliphatic heterocycles. The van der Waals surface area contributed by atoms with Gasteiger partial charge in [-0.15, -0.1) is 0 Å². The van der Waals surface area contributed by atoms with Crippen LogP contribution in [0.4, 0.5) is 8.78 Å². The summed E-state index contributed by atoms with van der Waals surface area (Å²) in [6.07, 6.45) is 2.52. The third-order valence-corrected chi connectivity index (χ3v) is 4.82. The molecule has 0 spiro atoms. The standard InChI is InChI=1S/C21H19ClF2N4O2/c1-11-8-26-16(13(3)25-4)7-18(11)28-12(2)5-19(20(22)21(28)29)30-10-17-15(24)6-14(23)9-27-17/h5-9,25H,3,10H2,1-2,4H3. The van der Waals surface area contributed by atoms with E-state index in [2.05, 4.69) is 21.9 Å². The minimum atomic E-state index is -0.846. The van der Waals surface area contributed by atoms with Crippen molar-refractivity contribution in [3.05, 3.63) is 86.8 Å². The Morgan fingerprint density at radius 3 is 2.63 bits per heavy atom. The quantitative estimate of drug-likeness (QED) is 0.639. The zero-order valence-corrected chi connectivity index (χ0v) is 17.3. The van der Waals surface area contributed by atoms with E-state index >= 15 is 0 Å². The molecular weight excluding hydrogens is 414 g/mol. The number of rotatable bonds is 6. The van der Waals surface area contributed by atoms with E-state index in [4.69, 9.17) is 16.3 Å². The van der Waals surface area contributed by atoms with Crippen molar-refractivity contribution >= 4 is 17.3 Å². The zero-order chi connectivity index (χ0) is 22.0. The van der Waals surface area contributed by atoms with Crippen molar-refractivity contribution in [1.82, 2.24) is 19.9 Å². The molecule has 9 heteroatoms. The number of hydrogen-bond donors (Lipinski definition) is 1. The van der Waals surface area contributed by atoms with Crippen LogP contribution in [0.3, 0.4) is 0 Å². The zero-order valence-electron chi connectivity index (χ0n) is 16.6. The second kappa shape index (κ2) is 8.62. The normalized spacial score (nSPS) is 10.7. The Hall–Kier alpha value is -3.26. The van der Waals surface area contributed by atoms with Crippen molar-refractivity contribution in [2.75, 3.05) is 7.05 Å². The van der Waals surface area contributed by atoms with E-state index in [-0.39, 0.29) is 23.1 Å².